The van der Waals surface area contributed by atoms with Gasteiger partial charge in [0.1, 0.15) is 5.75 Å². The summed E-state index contributed by atoms with van der Waals surface area (Å²) in [5.41, 5.74) is 6.83. The molecule has 0 spiro atoms. The zero-order valence-electron chi connectivity index (χ0n) is 13.1. The fourth-order valence-corrected chi connectivity index (χ4v) is 2.53. The lowest BCUT2D eigenvalue weighted by atomic mass is 10.1. The van der Waals surface area contributed by atoms with Crippen molar-refractivity contribution in [1.82, 2.24) is 4.90 Å². The fourth-order valence-electron chi connectivity index (χ4n) is 2.53. The molecular weight excluding hydrogens is 393 g/mol. The first-order valence-corrected chi connectivity index (χ1v) is 7.57. The number of methoxy groups -OCH3 is 1. The second kappa shape index (κ2) is 9.89. The Bertz CT molecular complexity index is 474. The van der Waals surface area contributed by atoms with Crippen molar-refractivity contribution in [2.45, 2.75) is 31.8 Å². The van der Waals surface area contributed by atoms with Gasteiger partial charge in [-0.15, -0.1) is 24.0 Å². The van der Waals surface area contributed by atoms with Gasteiger partial charge in [-0.2, -0.15) is 0 Å². The minimum absolute atomic E-state index is 0. The number of aliphatic imine (C=N–C) groups is 1. The van der Waals surface area contributed by atoms with Crippen LogP contribution in [0.4, 0.5) is 0 Å². The van der Waals surface area contributed by atoms with E-state index in [1.165, 1.54) is 12.8 Å². The third-order valence-electron chi connectivity index (χ3n) is 3.83. The smallest absolute Gasteiger partial charge is 0.191 e. The number of guanidine groups is 1. The standard InChI is InChI=1S/C16H25N3O2.HI/c1-21-14-8-6-7-13(11-14)15(20)12-18-16(17)19-9-4-2-3-5-10-19;/h6-8,11,15,20H,2-5,9-10,12H2,1H3,(H2,17,18);1H. The van der Waals surface area contributed by atoms with E-state index in [-0.39, 0.29) is 30.5 Å². The topological polar surface area (TPSA) is 71.1 Å². The van der Waals surface area contributed by atoms with E-state index >= 15 is 0 Å². The summed E-state index contributed by atoms with van der Waals surface area (Å²) in [6.07, 6.45) is 4.18. The molecule has 0 aliphatic carbocycles. The number of ether oxygens (including phenoxy) is 1. The monoisotopic (exact) mass is 419 g/mol. The number of benzene rings is 1. The normalized spacial score (nSPS) is 17.4. The third-order valence-corrected chi connectivity index (χ3v) is 3.83. The van der Waals surface area contributed by atoms with Gasteiger partial charge in [0.05, 0.1) is 19.8 Å². The van der Waals surface area contributed by atoms with E-state index in [9.17, 15) is 5.11 Å². The summed E-state index contributed by atoms with van der Waals surface area (Å²) in [7, 11) is 1.61. The molecule has 0 bridgehead atoms. The van der Waals surface area contributed by atoms with E-state index in [1.54, 1.807) is 7.11 Å². The van der Waals surface area contributed by atoms with Crippen LogP contribution in [0.5, 0.6) is 5.75 Å². The quantitative estimate of drug-likeness (QED) is 0.447. The Hall–Kier alpha value is -1.02. The number of aliphatic hydroxyl groups excluding tert-OH is 1. The van der Waals surface area contributed by atoms with Crippen molar-refractivity contribution in [3.63, 3.8) is 0 Å². The van der Waals surface area contributed by atoms with Gasteiger partial charge in [0.15, 0.2) is 5.96 Å². The fraction of sp³-hybridized carbons (Fsp3) is 0.562. The van der Waals surface area contributed by atoms with E-state index in [0.29, 0.717) is 5.96 Å². The second-order valence-electron chi connectivity index (χ2n) is 5.39. The zero-order valence-corrected chi connectivity index (χ0v) is 15.4. The number of nitrogens with zero attached hydrogens (tertiary/aromatic N) is 2. The first kappa shape index (κ1) is 19.0. The number of halogens is 1. The van der Waals surface area contributed by atoms with Crippen LogP contribution < -0.4 is 10.5 Å². The molecule has 0 saturated carbocycles. The molecule has 1 heterocycles. The number of aliphatic hydroxyl groups is 1. The molecule has 2 rings (SSSR count). The SMILES string of the molecule is COc1cccc(C(O)CN=C(N)N2CCCCCC2)c1.I. The number of rotatable bonds is 4. The molecule has 6 heteroatoms. The highest BCUT2D eigenvalue weighted by atomic mass is 127. The number of hydrogen-bond donors (Lipinski definition) is 2. The summed E-state index contributed by atoms with van der Waals surface area (Å²) in [6, 6.07) is 7.40. The first-order valence-electron chi connectivity index (χ1n) is 7.57. The molecular formula is C16H26IN3O2. The molecule has 1 unspecified atom stereocenters. The molecule has 1 aromatic carbocycles. The molecule has 1 saturated heterocycles. The van der Waals surface area contributed by atoms with Gasteiger partial charge >= 0.3 is 0 Å². The maximum Gasteiger partial charge on any atom is 0.191 e. The van der Waals surface area contributed by atoms with Crippen LogP contribution in [-0.4, -0.2) is 42.7 Å². The largest absolute Gasteiger partial charge is 0.497 e. The molecule has 3 N–H and O–H groups in total. The molecule has 1 aliphatic heterocycles. The van der Waals surface area contributed by atoms with Crippen molar-refractivity contribution in [2.75, 3.05) is 26.7 Å². The Labute approximate surface area is 149 Å². The average molecular weight is 419 g/mol. The summed E-state index contributed by atoms with van der Waals surface area (Å²) in [5.74, 6) is 1.27. The van der Waals surface area contributed by atoms with Gasteiger partial charge in [0, 0.05) is 13.1 Å². The summed E-state index contributed by atoms with van der Waals surface area (Å²) in [5, 5.41) is 10.2. The van der Waals surface area contributed by atoms with Gasteiger partial charge in [-0.3, -0.25) is 4.99 Å². The average Bonchev–Trinajstić information content (AvgIpc) is 2.81. The van der Waals surface area contributed by atoms with Gasteiger partial charge in [-0.05, 0) is 30.5 Å². The number of likely N-dealkylation sites (tertiary alicyclic amines) is 1. The van der Waals surface area contributed by atoms with Crippen molar-refractivity contribution in [3.05, 3.63) is 29.8 Å². The van der Waals surface area contributed by atoms with Gasteiger partial charge in [0.25, 0.3) is 0 Å². The number of nitrogens with two attached hydrogens (primary N) is 1. The van der Waals surface area contributed by atoms with Crippen LogP contribution in [0.2, 0.25) is 0 Å². The van der Waals surface area contributed by atoms with Crippen molar-refractivity contribution >= 4 is 29.9 Å². The molecule has 0 amide bonds. The maximum atomic E-state index is 10.2. The molecule has 1 aromatic rings. The summed E-state index contributed by atoms with van der Waals surface area (Å²) < 4.78 is 5.16. The van der Waals surface area contributed by atoms with Crippen LogP contribution in [0.15, 0.2) is 29.3 Å². The van der Waals surface area contributed by atoms with Crippen LogP contribution in [0.1, 0.15) is 37.4 Å². The number of hydrogen-bond acceptors (Lipinski definition) is 3. The molecule has 0 aromatic heterocycles. The van der Waals surface area contributed by atoms with Gasteiger partial charge in [0.2, 0.25) is 0 Å². The Morgan fingerprint density at radius 2 is 2.00 bits per heavy atom. The van der Waals surface area contributed by atoms with E-state index < -0.39 is 6.10 Å². The van der Waals surface area contributed by atoms with Crippen molar-refractivity contribution in [1.29, 1.82) is 0 Å². The van der Waals surface area contributed by atoms with Crippen molar-refractivity contribution in [2.24, 2.45) is 10.7 Å². The van der Waals surface area contributed by atoms with Crippen LogP contribution in [-0.2, 0) is 0 Å². The molecule has 0 radical (unpaired) electrons. The lowest BCUT2D eigenvalue weighted by Gasteiger charge is -2.21. The second-order valence-corrected chi connectivity index (χ2v) is 5.39. The minimum atomic E-state index is -0.661. The minimum Gasteiger partial charge on any atom is -0.497 e. The Balaban J connectivity index is 0.00000242. The van der Waals surface area contributed by atoms with Crippen LogP contribution >= 0.6 is 24.0 Å². The summed E-state index contributed by atoms with van der Waals surface area (Å²) in [6.45, 7) is 2.20. The Morgan fingerprint density at radius 1 is 1.32 bits per heavy atom. The lowest BCUT2D eigenvalue weighted by molar-refractivity contribution is 0.186. The van der Waals surface area contributed by atoms with Crippen LogP contribution in [0.25, 0.3) is 0 Å². The Kier molecular flexibility index (Phi) is 8.55. The van der Waals surface area contributed by atoms with Gasteiger partial charge < -0.3 is 20.5 Å². The van der Waals surface area contributed by atoms with Crippen molar-refractivity contribution < 1.29 is 9.84 Å². The zero-order chi connectivity index (χ0) is 15.1. The highest BCUT2D eigenvalue weighted by molar-refractivity contribution is 14.0. The van der Waals surface area contributed by atoms with E-state index in [0.717, 1.165) is 37.2 Å². The Morgan fingerprint density at radius 3 is 2.64 bits per heavy atom. The highest BCUT2D eigenvalue weighted by Crippen LogP contribution is 2.19. The molecule has 1 fully saturated rings. The van der Waals surface area contributed by atoms with Crippen LogP contribution in [0, 0.1) is 0 Å². The van der Waals surface area contributed by atoms with E-state index in [2.05, 4.69) is 9.89 Å². The molecule has 5 nitrogen and oxygen atoms in total. The molecule has 1 aliphatic rings. The van der Waals surface area contributed by atoms with Gasteiger partial charge in [-0.25, -0.2) is 0 Å². The predicted molar refractivity (Wildman–Crippen MR) is 99.9 cm³/mol. The van der Waals surface area contributed by atoms with Crippen LogP contribution in [0.3, 0.4) is 0 Å². The molecule has 1 atom stereocenters. The van der Waals surface area contributed by atoms with Gasteiger partial charge in [-0.1, -0.05) is 25.0 Å². The predicted octanol–water partition coefficient (Wildman–Crippen LogP) is 2.54. The molecule has 22 heavy (non-hydrogen) atoms. The van der Waals surface area contributed by atoms with Crippen molar-refractivity contribution in [3.8, 4) is 5.75 Å². The van der Waals surface area contributed by atoms with E-state index in [1.807, 2.05) is 24.3 Å². The highest BCUT2D eigenvalue weighted by Gasteiger charge is 2.12. The maximum absolute atomic E-state index is 10.2. The summed E-state index contributed by atoms with van der Waals surface area (Å²) >= 11 is 0. The first-order chi connectivity index (χ1) is 10.2. The molecule has 124 valence electrons. The lowest BCUT2D eigenvalue weighted by Crippen LogP contribution is -2.38. The van der Waals surface area contributed by atoms with E-state index in [4.69, 9.17) is 10.5 Å². The third kappa shape index (κ3) is 5.64. The summed E-state index contributed by atoms with van der Waals surface area (Å²) in [4.78, 5) is 6.47.